The van der Waals surface area contributed by atoms with Gasteiger partial charge in [0, 0.05) is 22.4 Å². The van der Waals surface area contributed by atoms with Gasteiger partial charge in [0.05, 0.1) is 20.9 Å². The van der Waals surface area contributed by atoms with Crippen molar-refractivity contribution in [3.63, 3.8) is 0 Å². The van der Waals surface area contributed by atoms with Gasteiger partial charge in [-0.25, -0.2) is 4.98 Å². The van der Waals surface area contributed by atoms with Crippen molar-refractivity contribution in [1.29, 1.82) is 0 Å². The van der Waals surface area contributed by atoms with Gasteiger partial charge in [-0.05, 0) is 61.0 Å². The molecule has 4 aromatic rings. The first kappa shape index (κ1) is 18.0. The van der Waals surface area contributed by atoms with Crippen molar-refractivity contribution in [2.24, 2.45) is 4.99 Å². The minimum Gasteiger partial charge on any atom is -0.506 e. The number of aliphatic imine (C=N–C) groups is 1. The van der Waals surface area contributed by atoms with Crippen LogP contribution in [0.4, 0.5) is 5.69 Å². The molecular weight excluding hydrogens is 399 g/mol. The molecule has 0 aliphatic heterocycles. The topological polar surface area (TPSA) is 45.5 Å². The van der Waals surface area contributed by atoms with Crippen LogP contribution in [0.5, 0.6) is 5.75 Å². The molecule has 1 aromatic heterocycles. The summed E-state index contributed by atoms with van der Waals surface area (Å²) < 4.78 is 1.18. The molecule has 6 heteroatoms. The van der Waals surface area contributed by atoms with Gasteiger partial charge in [0.25, 0.3) is 0 Å². The minimum atomic E-state index is -0.0359. The summed E-state index contributed by atoms with van der Waals surface area (Å²) in [4.78, 5) is 9.09. The molecule has 134 valence electrons. The fourth-order valence-electron chi connectivity index (χ4n) is 2.67. The van der Waals surface area contributed by atoms with Crippen molar-refractivity contribution in [2.75, 3.05) is 0 Å². The van der Waals surface area contributed by atoms with Crippen LogP contribution >= 0.6 is 34.5 Å². The lowest BCUT2D eigenvalue weighted by molar-refractivity contribution is 0.475. The Hall–Kier alpha value is -2.40. The summed E-state index contributed by atoms with van der Waals surface area (Å²) in [6.45, 7) is 2.08. The average Bonchev–Trinajstić information content (AvgIpc) is 3.07. The van der Waals surface area contributed by atoms with Crippen LogP contribution in [-0.2, 0) is 0 Å². The number of thiazole rings is 1. The molecule has 3 nitrogen and oxygen atoms in total. The van der Waals surface area contributed by atoms with E-state index in [4.69, 9.17) is 28.2 Å². The highest BCUT2D eigenvalue weighted by Crippen LogP contribution is 2.32. The second-order valence-electron chi connectivity index (χ2n) is 6.12. The molecule has 0 bridgehead atoms. The number of hydrogen-bond acceptors (Lipinski definition) is 4. The van der Waals surface area contributed by atoms with Gasteiger partial charge >= 0.3 is 0 Å². The number of aryl methyl sites for hydroxylation is 1. The normalized spacial score (nSPS) is 11.5. The van der Waals surface area contributed by atoms with E-state index in [2.05, 4.69) is 24.0 Å². The molecule has 0 amide bonds. The molecule has 0 spiro atoms. The number of phenolic OH excluding ortho intramolecular Hbond substituents is 1. The molecule has 1 N–H and O–H groups in total. The lowest BCUT2D eigenvalue weighted by Gasteiger charge is -2.02. The first-order chi connectivity index (χ1) is 13.0. The van der Waals surface area contributed by atoms with Crippen molar-refractivity contribution in [1.82, 2.24) is 4.98 Å². The molecule has 0 fully saturated rings. The third-order valence-electron chi connectivity index (χ3n) is 4.07. The maximum Gasteiger partial charge on any atom is 0.143 e. The Balaban J connectivity index is 1.60. The number of hydrogen-bond donors (Lipinski definition) is 1. The van der Waals surface area contributed by atoms with E-state index in [-0.39, 0.29) is 10.8 Å². The summed E-state index contributed by atoms with van der Waals surface area (Å²) in [7, 11) is 0. The SMILES string of the molecule is Cc1ccc2nc(-c3ccc(N=Cc4cc(Cl)cc(Cl)c4O)cc3)sc2c1. The highest BCUT2D eigenvalue weighted by molar-refractivity contribution is 7.21. The third kappa shape index (κ3) is 3.83. The Morgan fingerprint density at radius 3 is 2.59 bits per heavy atom. The zero-order valence-corrected chi connectivity index (χ0v) is 16.6. The van der Waals surface area contributed by atoms with Crippen LogP contribution in [0.15, 0.2) is 59.6 Å². The van der Waals surface area contributed by atoms with Crippen LogP contribution in [0, 0.1) is 6.92 Å². The molecule has 1 heterocycles. The molecule has 0 aliphatic rings. The van der Waals surface area contributed by atoms with Crippen molar-refractivity contribution < 1.29 is 5.11 Å². The van der Waals surface area contributed by atoms with E-state index in [1.54, 1.807) is 23.6 Å². The Labute approximate surface area is 170 Å². The molecule has 27 heavy (non-hydrogen) atoms. The number of benzene rings is 3. The van der Waals surface area contributed by atoms with Gasteiger partial charge in [0.15, 0.2) is 0 Å². The Kier molecular flexibility index (Phi) is 4.87. The van der Waals surface area contributed by atoms with Gasteiger partial charge in [0.2, 0.25) is 0 Å². The monoisotopic (exact) mass is 412 g/mol. The number of aromatic hydroxyl groups is 1. The summed E-state index contributed by atoms with van der Waals surface area (Å²) >= 11 is 13.6. The quantitative estimate of drug-likeness (QED) is 0.366. The van der Waals surface area contributed by atoms with Gasteiger partial charge < -0.3 is 5.11 Å². The first-order valence-electron chi connectivity index (χ1n) is 8.19. The lowest BCUT2D eigenvalue weighted by atomic mass is 10.2. The van der Waals surface area contributed by atoms with Gasteiger partial charge in [-0.15, -0.1) is 11.3 Å². The molecular formula is C21H14Cl2N2OS. The molecule has 0 unspecified atom stereocenters. The van der Waals surface area contributed by atoms with E-state index in [0.717, 1.165) is 21.8 Å². The standard InChI is InChI=1S/C21H14Cl2N2OS/c1-12-2-7-18-19(8-12)27-21(25-18)13-3-5-16(6-4-13)24-11-14-9-15(22)10-17(23)20(14)26/h2-11,26H,1H3. The smallest absolute Gasteiger partial charge is 0.143 e. The number of rotatable bonds is 3. The van der Waals surface area contributed by atoms with E-state index in [1.807, 2.05) is 30.3 Å². The highest BCUT2D eigenvalue weighted by atomic mass is 35.5. The summed E-state index contributed by atoms with van der Waals surface area (Å²) in [5.41, 5.74) is 4.51. The number of aromatic nitrogens is 1. The zero-order chi connectivity index (χ0) is 19.0. The van der Waals surface area contributed by atoms with E-state index >= 15 is 0 Å². The molecule has 0 saturated carbocycles. The number of nitrogens with zero attached hydrogens (tertiary/aromatic N) is 2. The van der Waals surface area contributed by atoms with Crippen molar-refractivity contribution in [3.8, 4) is 16.3 Å². The molecule has 0 aliphatic carbocycles. The second kappa shape index (κ2) is 7.31. The maximum atomic E-state index is 9.99. The summed E-state index contributed by atoms with van der Waals surface area (Å²) in [6.07, 6.45) is 1.54. The Morgan fingerprint density at radius 2 is 1.81 bits per heavy atom. The summed E-state index contributed by atoms with van der Waals surface area (Å²) in [6, 6.07) is 17.2. The molecule has 0 saturated heterocycles. The fourth-order valence-corrected chi connectivity index (χ4v) is 4.25. The van der Waals surface area contributed by atoms with Gasteiger partial charge in [-0.1, -0.05) is 29.3 Å². The molecule has 0 radical (unpaired) electrons. The number of phenols is 1. The van der Waals surface area contributed by atoms with Crippen LogP contribution < -0.4 is 0 Å². The van der Waals surface area contributed by atoms with Gasteiger partial charge in [-0.2, -0.15) is 0 Å². The van der Waals surface area contributed by atoms with E-state index in [9.17, 15) is 5.11 Å². The van der Waals surface area contributed by atoms with Crippen LogP contribution in [0.2, 0.25) is 10.0 Å². The van der Waals surface area contributed by atoms with Crippen molar-refractivity contribution in [3.05, 3.63) is 75.8 Å². The van der Waals surface area contributed by atoms with Crippen LogP contribution in [0.25, 0.3) is 20.8 Å². The van der Waals surface area contributed by atoms with E-state index in [1.165, 1.54) is 16.3 Å². The Morgan fingerprint density at radius 1 is 1.04 bits per heavy atom. The van der Waals surface area contributed by atoms with Gasteiger partial charge in [-0.3, -0.25) is 4.99 Å². The second-order valence-corrected chi connectivity index (χ2v) is 8.00. The van der Waals surface area contributed by atoms with E-state index < -0.39 is 0 Å². The van der Waals surface area contributed by atoms with Crippen molar-refractivity contribution >= 4 is 56.7 Å². The predicted octanol–water partition coefficient (Wildman–Crippen LogP) is 7.03. The molecule has 0 atom stereocenters. The van der Waals surface area contributed by atoms with Crippen molar-refractivity contribution in [2.45, 2.75) is 6.92 Å². The minimum absolute atomic E-state index is 0.0359. The zero-order valence-electron chi connectivity index (χ0n) is 14.3. The largest absolute Gasteiger partial charge is 0.506 e. The third-order valence-corrected chi connectivity index (χ3v) is 5.64. The van der Waals surface area contributed by atoms with Gasteiger partial charge in [0.1, 0.15) is 10.8 Å². The lowest BCUT2D eigenvalue weighted by Crippen LogP contribution is -1.84. The fraction of sp³-hybridized carbons (Fsp3) is 0.0476. The molecule has 3 aromatic carbocycles. The molecule has 4 rings (SSSR count). The summed E-state index contributed by atoms with van der Waals surface area (Å²) in [5.74, 6) is -0.0359. The average molecular weight is 413 g/mol. The number of fused-ring (bicyclic) bond motifs is 1. The van der Waals surface area contributed by atoms with Crippen LogP contribution in [-0.4, -0.2) is 16.3 Å². The number of halogens is 2. The Bertz CT molecular complexity index is 1170. The maximum absolute atomic E-state index is 9.99. The van der Waals surface area contributed by atoms with Crippen LogP contribution in [0.1, 0.15) is 11.1 Å². The summed E-state index contributed by atoms with van der Waals surface area (Å²) in [5, 5.41) is 11.6. The highest BCUT2D eigenvalue weighted by Gasteiger charge is 2.07. The first-order valence-corrected chi connectivity index (χ1v) is 9.76. The predicted molar refractivity (Wildman–Crippen MR) is 115 cm³/mol. The van der Waals surface area contributed by atoms with Crippen LogP contribution in [0.3, 0.4) is 0 Å². The van der Waals surface area contributed by atoms with E-state index in [0.29, 0.717) is 10.6 Å².